The molecule has 43 heavy (non-hydrogen) atoms. The second-order valence-electron chi connectivity index (χ2n) is 10.3. The third-order valence-corrected chi connectivity index (χ3v) is 7.44. The number of anilines is 2. The Bertz CT molecular complexity index is 1400. The highest BCUT2D eigenvalue weighted by molar-refractivity contribution is 6.06. The summed E-state index contributed by atoms with van der Waals surface area (Å²) >= 11 is 0. The molecule has 0 bridgehead atoms. The molecule has 0 unspecified atom stereocenters. The average molecular weight is 595 g/mol. The summed E-state index contributed by atoms with van der Waals surface area (Å²) in [5.74, 6) is -0.501. The number of amides is 2. The van der Waals surface area contributed by atoms with Crippen LogP contribution in [0.5, 0.6) is 11.8 Å². The lowest BCUT2D eigenvalue weighted by molar-refractivity contribution is 0.0374. The Hall–Kier alpha value is -4.34. The highest BCUT2D eigenvalue weighted by Crippen LogP contribution is 2.30. The summed E-state index contributed by atoms with van der Waals surface area (Å²) in [5, 5.41) is 14.2. The Kier molecular flexibility index (Phi) is 9.96. The van der Waals surface area contributed by atoms with Gasteiger partial charge in [-0.3, -0.25) is 14.5 Å². The lowest BCUT2D eigenvalue weighted by Crippen LogP contribution is -2.44. The lowest BCUT2D eigenvalue weighted by Gasteiger charge is -2.35. The van der Waals surface area contributed by atoms with E-state index in [9.17, 15) is 9.59 Å². The molecule has 4 heterocycles. The third kappa shape index (κ3) is 7.55. The normalized spacial score (nSPS) is 16.1. The van der Waals surface area contributed by atoms with Gasteiger partial charge in [0.05, 0.1) is 56.9 Å². The van der Waals surface area contributed by atoms with Gasteiger partial charge in [0.2, 0.25) is 11.8 Å². The van der Waals surface area contributed by atoms with Crippen molar-refractivity contribution in [2.75, 3.05) is 97.1 Å². The van der Waals surface area contributed by atoms with E-state index in [4.69, 9.17) is 14.2 Å². The van der Waals surface area contributed by atoms with Crippen molar-refractivity contribution in [2.24, 2.45) is 0 Å². The highest BCUT2D eigenvalue weighted by atomic mass is 16.5. The third-order valence-electron chi connectivity index (χ3n) is 7.44. The number of rotatable bonds is 11. The number of nitrogens with zero attached hydrogens (tertiary/aromatic N) is 8. The number of aromatic nitrogens is 5. The number of hydrogen-bond donors (Lipinski definition) is 2. The van der Waals surface area contributed by atoms with Gasteiger partial charge in [0.1, 0.15) is 0 Å². The molecule has 0 spiro atoms. The van der Waals surface area contributed by atoms with Crippen LogP contribution < -0.4 is 25.0 Å². The molecule has 15 nitrogen and oxygen atoms in total. The zero-order valence-electron chi connectivity index (χ0n) is 24.8. The van der Waals surface area contributed by atoms with E-state index in [0.29, 0.717) is 17.9 Å². The minimum absolute atomic E-state index is 0.0198. The summed E-state index contributed by atoms with van der Waals surface area (Å²) in [6.07, 6.45) is 3.77. The van der Waals surface area contributed by atoms with Crippen molar-refractivity contribution in [3.63, 3.8) is 0 Å². The predicted molar refractivity (Wildman–Crippen MR) is 158 cm³/mol. The lowest BCUT2D eigenvalue weighted by atomic mass is 10.2. The van der Waals surface area contributed by atoms with E-state index in [1.54, 1.807) is 12.3 Å². The number of likely N-dealkylation sites (N-methyl/N-ethyl adjacent to an activating group) is 1. The van der Waals surface area contributed by atoms with E-state index in [2.05, 4.69) is 52.7 Å². The molecule has 2 N–H and O–H groups in total. The Morgan fingerprint density at radius 1 is 1.02 bits per heavy atom. The maximum absolute atomic E-state index is 13.4. The number of carbonyl (C=O) groups excluding carboxylic acids is 2. The number of hydrogen-bond acceptors (Lipinski definition) is 12. The first-order valence-electron chi connectivity index (χ1n) is 14.3. The van der Waals surface area contributed by atoms with Gasteiger partial charge in [-0.15, -0.1) is 5.10 Å². The van der Waals surface area contributed by atoms with Gasteiger partial charge in [-0.1, -0.05) is 5.21 Å². The van der Waals surface area contributed by atoms with Gasteiger partial charge >= 0.3 is 0 Å². The molecule has 2 aromatic heterocycles. The van der Waals surface area contributed by atoms with E-state index in [-0.39, 0.29) is 29.1 Å². The second-order valence-corrected chi connectivity index (χ2v) is 10.3. The molecule has 2 fully saturated rings. The van der Waals surface area contributed by atoms with Crippen LogP contribution in [-0.4, -0.2) is 133 Å². The molecule has 0 radical (unpaired) electrons. The molecule has 2 amide bonds. The molecule has 230 valence electrons. The molecule has 0 atom stereocenters. The maximum Gasteiger partial charge on any atom is 0.279 e. The quantitative estimate of drug-likeness (QED) is 0.298. The van der Waals surface area contributed by atoms with E-state index < -0.39 is 5.91 Å². The number of methoxy groups -OCH3 is 2. The molecule has 2 aliphatic rings. The zero-order chi connectivity index (χ0) is 30.2. The Balaban J connectivity index is 1.31. The van der Waals surface area contributed by atoms with Gasteiger partial charge in [0, 0.05) is 45.8 Å². The zero-order valence-corrected chi connectivity index (χ0v) is 24.8. The van der Waals surface area contributed by atoms with Gasteiger partial charge in [-0.25, -0.2) is 9.67 Å². The molecule has 5 rings (SSSR count). The Morgan fingerprint density at radius 3 is 2.56 bits per heavy atom. The standard InChI is InChI=1S/C28H38N10O5/c1-35-9-11-37(12-10-35)23-6-5-20(17-21(23)31-27(40)25-28(42-3)32-24(41-2)18-30-25)38-19-22(33-34-38)26(39)29-7-4-8-36-13-15-43-16-14-36/h5-6,17-19H,4,7-16H2,1-3H3,(H,29,39)(H,31,40). The molecule has 2 saturated heterocycles. The van der Waals surface area contributed by atoms with Crippen LogP contribution in [0.2, 0.25) is 0 Å². The molecular formula is C28H38N10O5. The van der Waals surface area contributed by atoms with Crippen LogP contribution in [0.4, 0.5) is 11.4 Å². The van der Waals surface area contributed by atoms with Gasteiger partial charge in [-0.05, 0) is 38.2 Å². The number of carbonyl (C=O) groups is 2. The molecule has 2 aliphatic heterocycles. The van der Waals surface area contributed by atoms with E-state index in [1.165, 1.54) is 25.1 Å². The first-order chi connectivity index (χ1) is 20.9. The van der Waals surface area contributed by atoms with Crippen molar-refractivity contribution in [1.82, 2.24) is 40.1 Å². The van der Waals surface area contributed by atoms with Crippen LogP contribution in [0, 0.1) is 0 Å². The summed E-state index contributed by atoms with van der Waals surface area (Å²) in [5.41, 5.74) is 2.25. The molecule has 15 heteroatoms. The van der Waals surface area contributed by atoms with Crippen molar-refractivity contribution < 1.29 is 23.8 Å². The summed E-state index contributed by atoms with van der Waals surface area (Å²) in [6.45, 7) is 8.14. The minimum atomic E-state index is -0.490. The maximum atomic E-state index is 13.4. The van der Waals surface area contributed by atoms with E-state index >= 15 is 0 Å². The topological polar surface area (TPSA) is 152 Å². The largest absolute Gasteiger partial charge is 0.480 e. The first kappa shape index (κ1) is 30.1. The molecule has 0 aliphatic carbocycles. The first-order valence-corrected chi connectivity index (χ1v) is 14.3. The van der Waals surface area contributed by atoms with Crippen LogP contribution in [0.25, 0.3) is 5.69 Å². The van der Waals surface area contributed by atoms with Gasteiger partial charge < -0.3 is 34.6 Å². The summed E-state index contributed by atoms with van der Waals surface area (Å²) in [4.78, 5) is 41.3. The molecule has 3 aromatic rings. The predicted octanol–water partition coefficient (Wildman–Crippen LogP) is 0.531. The fourth-order valence-electron chi connectivity index (χ4n) is 4.94. The monoisotopic (exact) mass is 594 g/mol. The number of benzene rings is 1. The van der Waals surface area contributed by atoms with Crippen molar-refractivity contribution in [3.8, 4) is 17.4 Å². The Morgan fingerprint density at radius 2 is 1.81 bits per heavy atom. The number of ether oxygens (including phenoxy) is 3. The van der Waals surface area contributed by atoms with Gasteiger partial charge in [0.25, 0.3) is 11.8 Å². The van der Waals surface area contributed by atoms with Crippen molar-refractivity contribution in [3.05, 3.63) is 42.0 Å². The van der Waals surface area contributed by atoms with Crippen LogP contribution in [0.3, 0.4) is 0 Å². The van der Waals surface area contributed by atoms with Crippen molar-refractivity contribution >= 4 is 23.2 Å². The van der Waals surface area contributed by atoms with Crippen molar-refractivity contribution in [1.29, 1.82) is 0 Å². The smallest absolute Gasteiger partial charge is 0.279 e. The minimum Gasteiger partial charge on any atom is -0.480 e. The number of piperazine rings is 1. The SMILES string of the molecule is COc1cnc(C(=O)Nc2cc(-n3cc(C(=O)NCCCN4CCOCC4)nn3)ccc2N2CCN(C)CC2)c(OC)n1. The fraction of sp³-hybridized carbons (Fsp3) is 0.500. The van der Waals surface area contributed by atoms with Crippen LogP contribution in [-0.2, 0) is 4.74 Å². The molecular weight excluding hydrogens is 556 g/mol. The van der Waals surface area contributed by atoms with Crippen LogP contribution in [0.15, 0.2) is 30.6 Å². The number of morpholine rings is 1. The highest BCUT2D eigenvalue weighted by Gasteiger charge is 2.23. The summed E-state index contributed by atoms with van der Waals surface area (Å²) < 4.78 is 17.3. The van der Waals surface area contributed by atoms with E-state index in [1.807, 2.05) is 12.1 Å². The van der Waals surface area contributed by atoms with Crippen LogP contribution in [0.1, 0.15) is 27.4 Å². The van der Waals surface area contributed by atoms with Crippen molar-refractivity contribution in [2.45, 2.75) is 6.42 Å². The van der Waals surface area contributed by atoms with Crippen LogP contribution >= 0.6 is 0 Å². The van der Waals surface area contributed by atoms with Gasteiger partial charge in [0.15, 0.2) is 11.4 Å². The number of nitrogens with one attached hydrogen (secondary N) is 2. The summed E-state index contributed by atoms with van der Waals surface area (Å²) in [6, 6.07) is 5.61. The summed E-state index contributed by atoms with van der Waals surface area (Å²) in [7, 11) is 4.96. The molecule has 0 saturated carbocycles. The van der Waals surface area contributed by atoms with Gasteiger partial charge in [-0.2, -0.15) is 4.98 Å². The fourth-order valence-corrected chi connectivity index (χ4v) is 4.94. The Labute approximate surface area is 250 Å². The molecule has 1 aromatic carbocycles. The average Bonchev–Trinajstić information content (AvgIpc) is 3.54. The second kappa shape index (κ2) is 14.2. The van der Waals surface area contributed by atoms with E-state index in [0.717, 1.165) is 71.1 Å².